The van der Waals surface area contributed by atoms with Crippen molar-refractivity contribution < 1.29 is 9.53 Å². The van der Waals surface area contributed by atoms with Crippen LogP contribution in [0.25, 0.3) is 0 Å². The Morgan fingerprint density at radius 1 is 1.48 bits per heavy atom. The average Bonchev–Trinajstić information content (AvgIpc) is 2.85. The van der Waals surface area contributed by atoms with E-state index in [1.54, 1.807) is 23.7 Å². The van der Waals surface area contributed by atoms with Crippen LogP contribution in [0, 0.1) is 6.92 Å². The lowest BCUT2D eigenvalue weighted by molar-refractivity contribution is -0.111. The van der Waals surface area contributed by atoms with Crippen LogP contribution >= 0.6 is 11.3 Å². The molecule has 0 atom stereocenters. The first-order valence-electron chi connectivity index (χ1n) is 6.21. The van der Waals surface area contributed by atoms with Crippen molar-refractivity contribution in [3.63, 3.8) is 0 Å². The highest BCUT2D eigenvalue weighted by molar-refractivity contribution is 7.09. The van der Waals surface area contributed by atoms with Crippen LogP contribution in [-0.2, 0) is 11.4 Å². The molecule has 2 aromatic rings. The molecule has 0 spiro atoms. The van der Waals surface area contributed by atoms with Gasteiger partial charge in [0.25, 0.3) is 5.91 Å². The van der Waals surface area contributed by atoms with Crippen LogP contribution in [-0.4, -0.2) is 23.7 Å². The number of carbonyl (C=O) groups is 1. The van der Waals surface area contributed by atoms with Gasteiger partial charge in [-0.05, 0) is 25.1 Å². The number of aromatic nitrogens is 1. The van der Waals surface area contributed by atoms with Gasteiger partial charge < -0.3 is 16.2 Å². The number of hydrogen-bond acceptors (Lipinski definition) is 6. The number of nitrogens with two attached hydrogens (primary N) is 2. The number of primary amides is 1. The second-order valence-corrected chi connectivity index (χ2v) is 5.27. The minimum atomic E-state index is -0.625. The molecule has 0 saturated heterocycles. The van der Waals surface area contributed by atoms with Gasteiger partial charge in [-0.3, -0.25) is 9.79 Å². The molecule has 0 fully saturated rings. The number of aryl methyl sites for hydroxylation is 1. The summed E-state index contributed by atoms with van der Waals surface area (Å²) in [5, 5.41) is 0. The highest BCUT2D eigenvalue weighted by Crippen LogP contribution is 2.23. The van der Waals surface area contributed by atoms with Crippen molar-refractivity contribution >= 4 is 28.6 Å². The largest absolute Gasteiger partial charge is 0.488 e. The Labute approximate surface area is 126 Å². The van der Waals surface area contributed by atoms with E-state index in [0.717, 1.165) is 10.6 Å². The fourth-order valence-electron chi connectivity index (χ4n) is 1.81. The van der Waals surface area contributed by atoms with Gasteiger partial charge in [0, 0.05) is 18.3 Å². The smallest absolute Gasteiger partial charge is 0.267 e. The Bertz CT molecular complexity index is 694. The molecule has 0 aliphatic heterocycles. The van der Waals surface area contributed by atoms with E-state index in [9.17, 15) is 4.79 Å². The maximum Gasteiger partial charge on any atom is 0.267 e. The lowest BCUT2D eigenvalue weighted by Crippen LogP contribution is -2.25. The predicted molar refractivity (Wildman–Crippen MR) is 83.7 cm³/mol. The van der Waals surface area contributed by atoms with Gasteiger partial charge in [-0.2, -0.15) is 0 Å². The second-order valence-electron chi connectivity index (χ2n) is 4.34. The number of benzene rings is 1. The molecule has 6 nitrogen and oxygen atoms in total. The Morgan fingerprint density at radius 2 is 2.24 bits per heavy atom. The molecule has 0 radical (unpaired) electrons. The van der Waals surface area contributed by atoms with Gasteiger partial charge in [-0.25, -0.2) is 4.98 Å². The third-order valence-corrected chi connectivity index (χ3v) is 3.86. The van der Waals surface area contributed by atoms with Crippen LogP contribution < -0.4 is 16.2 Å². The minimum Gasteiger partial charge on any atom is -0.488 e. The molecule has 110 valence electrons. The number of amides is 1. The normalized spacial score (nSPS) is 11.4. The summed E-state index contributed by atoms with van der Waals surface area (Å²) in [5.41, 5.74) is 14.9. The molecule has 2 rings (SSSR count). The van der Waals surface area contributed by atoms with E-state index < -0.39 is 5.91 Å². The Balaban J connectivity index is 2.23. The first kappa shape index (κ1) is 15.0. The summed E-state index contributed by atoms with van der Waals surface area (Å²) in [6.07, 6.45) is 0. The topological polar surface area (TPSA) is 104 Å². The number of anilines is 1. The Morgan fingerprint density at radius 3 is 2.81 bits per heavy atom. The molecule has 1 aromatic carbocycles. The van der Waals surface area contributed by atoms with Crippen LogP contribution in [0.1, 0.15) is 16.1 Å². The molecule has 0 aliphatic rings. The van der Waals surface area contributed by atoms with E-state index in [-0.39, 0.29) is 5.71 Å². The van der Waals surface area contributed by atoms with E-state index in [2.05, 4.69) is 9.98 Å². The maximum absolute atomic E-state index is 11.4. The van der Waals surface area contributed by atoms with Gasteiger partial charge in [0.1, 0.15) is 18.1 Å². The van der Waals surface area contributed by atoms with E-state index in [1.807, 2.05) is 6.92 Å². The molecule has 21 heavy (non-hydrogen) atoms. The van der Waals surface area contributed by atoms with Gasteiger partial charge in [0.05, 0.1) is 16.1 Å². The van der Waals surface area contributed by atoms with Crippen molar-refractivity contribution in [1.29, 1.82) is 0 Å². The van der Waals surface area contributed by atoms with Crippen LogP contribution in [0.2, 0.25) is 0 Å². The third-order valence-electron chi connectivity index (χ3n) is 2.95. The van der Waals surface area contributed by atoms with Crippen molar-refractivity contribution in [2.75, 3.05) is 12.8 Å². The van der Waals surface area contributed by atoms with Crippen molar-refractivity contribution in [3.8, 4) is 5.75 Å². The lowest BCUT2D eigenvalue weighted by atomic mass is 10.1. The zero-order valence-electron chi connectivity index (χ0n) is 11.8. The number of thiazole rings is 1. The molecule has 0 unspecified atom stereocenters. The summed E-state index contributed by atoms with van der Waals surface area (Å²) in [6.45, 7) is 2.34. The first-order chi connectivity index (χ1) is 10.0. The standard InChI is InChI=1S/C14H16N4O2S/c1-8-12(21-7-18-8)6-20-9-3-4-11(15)10(5-9)13(17-2)14(16)19/h3-5,7H,6,15H2,1-2H3,(H2,16,19). The number of nitrogens with zero attached hydrogens (tertiary/aromatic N) is 2. The maximum atomic E-state index is 11.4. The monoisotopic (exact) mass is 304 g/mol. The predicted octanol–water partition coefficient (Wildman–Crippen LogP) is 1.52. The molecule has 7 heteroatoms. The second kappa shape index (κ2) is 6.36. The summed E-state index contributed by atoms with van der Waals surface area (Å²) in [6, 6.07) is 5.07. The highest BCUT2D eigenvalue weighted by atomic mass is 32.1. The number of rotatable bonds is 5. The zero-order chi connectivity index (χ0) is 15.4. The summed E-state index contributed by atoms with van der Waals surface area (Å²) in [5.74, 6) is -0.0333. The quantitative estimate of drug-likeness (QED) is 0.645. The average molecular weight is 304 g/mol. The van der Waals surface area contributed by atoms with Crippen LogP contribution in [0.15, 0.2) is 28.7 Å². The number of carbonyl (C=O) groups excluding carboxylic acids is 1. The van der Waals surface area contributed by atoms with Gasteiger partial charge in [0.2, 0.25) is 0 Å². The van der Waals surface area contributed by atoms with Crippen LogP contribution in [0.4, 0.5) is 5.69 Å². The molecule has 0 aliphatic carbocycles. The van der Waals surface area contributed by atoms with Gasteiger partial charge >= 0.3 is 0 Å². The fraction of sp³-hybridized carbons (Fsp3) is 0.214. The van der Waals surface area contributed by atoms with Gasteiger partial charge in [-0.1, -0.05) is 0 Å². The van der Waals surface area contributed by atoms with Crippen molar-refractivity contribution in [2.24, 2.45) is 10.7 Å². The molecule has 1 heterocycles. The lowest BCUT2D eigenvalue weighted by Gasteiger charge is -2.10. The van der Waals surface area contributed by atoms with Gasteiger partial charge in [0.15, 0.2) is 0 Å². The van der Waals surface area contributed by atoms with Crippen LogP contribution in [0.5, 0.6) is 5.75 Å². The van der Waals surface area contributed by atoms with Gasteiger partial charge in [-0.15, -0.1) is 11.3 Å². The molecular weight excluding hydrogens is 288 g/mol. The molecule has 4 N–H and O–H groups in total. The summed E-state index contributed by atoms with van der Waals surface area (Å²) >= 11 is 1.53. The van der Waals surface area contributed by atoms with E-state index in [4.69, 9.17) is 16.2 Å². The number of hydrogen-bond donors (Lipinski definition) is 2. The Hall–Kier alpha value is -2.41. The van der Waals surface area contributed by atoms with Crippen LogP contribution in [0.3, 0.4) is 0 Å². The van der Waals surface area contributed by atoms with Crippen molar-refractivity contribution in [2.45, 2.75) is 13.5 Å². The first-order valence-corrected chi connectivity index (χ1v) is 7.09. The zero-order valence-corrected chi connectivity index (χ0v) is 12.6. The summed E-state index contributed by atoms with van der Waals surface area (Å²) in [4.78, 5) is 20.5. The summed E-state index contributed by atoms with van der Waals surface area (Å²) in [7, 11) is 1.49. The molecule has 1 aromatic heterocycles. The van der Waals surface area contributed by atoms with Crippen molar-refractivity contribution in [3.05, 3.63) is 39.8 Å². The third kappa shape index (κ3) is 3.38. The fourth-order valence-corrected chi connectivity index (χ4v) is 2.50. The van der Waals surface area contributed by atoms with E-state index in [1.165, 1.54) is 18.4 Å². The minimum absolute atomic E-state index is 0.131. The number of nitrogen functional groups attached to an aromatic ring is 1. The highest BCUT2D eigenvalue weighted by Gasteiger charge is 2.14. The SMILES string of the molecule is CN=C(C(N)=O)c1cc(OCc2scnc2C)ccc1N. The van der Waals surface area contributed by atoms with E-state index in [0.29, 0.717) is 23.6 Å². The molecular formula is C14H16N4O2S. The number of aliphatic imine (C=N–C) groups is 1. The summed E-state index contributed by atoms with van der Waals surface area (Å²) < 4.78 is 5.71. The van der Waals surface area contributed by atoms with Crippen molar-refractivity contribution in [1.82, 2.24) is 4.98 Å². The Kier molecular flexibility index (Phi) is 4.54. The molecule has 0 bridgehead atoms. The van der Waals surface area contributed by atoms with E-state index >= 15 is 0 Å². The molecule has 0 saturated carbocycles. The molecule has 1 amide bonds. The number of ether oxygens (including phenoxy) is 1.